The van der Waals surface area contributed by atoms with Gasteiger partial charge in [0, 0.05) is 5.56 Å². The van der Waals surface area contributed by atoms with Crippen molar-refractivity contribution in [2.75, 3.05) is 0 Å². The maximum Gasteiger partial charge on any atom is 0.346 e. The van der Waals surface area contributed by atoms with Gasteiger partial charge in [-0.2, -0.15) is 0 Å². The molecule has 6 nitrogen and oxygen atoms in total. The van der Waals surface area contributed by atoms with Crippen molar-refractivity contribution in [3.63, 3.8) is 0 Å². The van der Waals surface area contributed by atoms with E-state index in [0.717, 1.165) is 11.3 Å². The normalized spacial score (nSPS) is 14.5. The van der Waals surface area contributed by atoms with E-state index in [9.17, 15) is 14.7 Å². The van der Waals surface area contributed by atoms with Gasteiger partial charge in [0.25, 0.3) is 0 Å². The summed E-state index contributed by atoms with van der Waals surface area (Å²) < 4.78 is 0. The summed E-state index contributed by atoms with van der Waals surface area (Å²) in [6.07, 6.45) is -3.42. The number of hydrogen-bond donors (Lipinski definition) is 4. The van der Waals surface area contributed by atoms with Gasteiger partial charge < -0.3 is 21.1 Å². The lowest BCUT2D eigenvalue weighted by molar-refractivity contribution is -0.132. The second-order valence-electron chi connectivity index (χ2n) is 2.80. The van der Waals surface area contributed by atoms with E-state index in [4.69, 9.17) is 15.9 Å². The highest BCUT2D eigenvalue weighted by Crippen LogP contribution is 2.25. The third kappa shape index (κ3) is 2.32. The van der Waals surface area contributed by atoms with Crippen LogP contribution in [0, 0.1) is 0 Å². The molecule has 0 aliphatic rings. The summed E-state index contributed by atoms with van der Waals surface area (Å²) >= 11 is 0.892. The number of aliphatic hydroxyl groups is 2. The Balaban J connectivity index is 3.00. The largest absolute Gasteiger partial charge is 0.477 e. The van der Waals surface area contributed by atoms with Crippen LogP contribution in [0.25, 0.3) is 0 Å². The van der Waals surface area contributed by atoms with Crippen LogP contribution in [0.2, 0.25) is 0 Å². The van der Waals surface area contributed by atoms with Crippen molar-refractivity contribution in [1.82, 2.24) is 0 Å². The molecule has 5 N–H and O–H groups in total. The van der Waals surface area contributed by atoms with Gasteiger partial charge in [-0.1, -0.05) is 0 Å². The summed E-state index contributed by atoms with van der Waals surface area (Å²) in [5, 5.41) is 28.8. The molecular formula is C8H9NO5S. The highest BCUT2D eigenvalue weighted by atomic mass is 32.1. The number of primary amides is 1. The molecule has 7 heteroatoms. The number of amides is 1. The monoisotopic (exact) mass is 231 g/mol. The standard InChI is InChI=1S/C8H9NO5S/c9-7(12)5(11)4(10)3-1-2-15-6(3)8(13)14/h1-2,4-5,10-11H,(H2,9,12)(H,13,14). The summed E-state index contributed by atoms with van der Waals surface area (Å²) in [5.74, 6) is -2.33. The van der Waals surface area contributed by atoms with E-state index in [1.807, 2.05) is 0 Å². The number of carbonyl (C=O) groups is 2. The summed E-state index contributed by atoms with van der Waals surface area (Å²) in [6, 6.07) is 1.32. The van der Waals surface area contributed by atoms with E-state index >= 15 is 0 Å². The Kier molecular flexibility index (Phi) is 3.40. The molecule has 1 heterocycles. The number of rotatable bonds is 4. The number of carbonyl (C=O) groups excluding carboxylic acids is 1. The quantitative estimate of drug-likeness (QED) is 0.547. The van der Waals surface area contributed by atoms with Gasteiger partial charge in [-0.25, -0.2) is 4.79 Å². The van der Waals surface area contributed by atoms with E-state index in [2.05, 4.69) is 0 Å². The fourth-order valence-corrected chi connectivity index (χ4v) is 1.83. The van der Waals surface area contributed by atoms with E-state index in [0.29, 0.717) is 0 Å². The molecule has 15 heavy (non-hydrogen) atoms. The molecule has 1 aromatic rings. The van der Waals surface area contributed by atoms with Gasteiger partial charge >= 0.3 is 5.97 Å². The van der Waals surface area contributed by atoms with Crippen molar-refractivity contribution in [1.29, 1.82) is 0 Å². The molecule has 2 unspecified atom stereocenters. The first-order valence-electron chi connectivity index (χ1n) is 3.91. The van der Waals surface area contributed by atoms with Crippen molar-refractivity contribution in [2.45, 2.75) is 12.2 Å². The molecule has 1 aromatic heterocycles. The van der Waals surface area contributed by atoms with E-state index in [1.54, 1.807) is 0 Å². The number of aliphatic hydroxyl groups excluding tert-OH is 2. The molecule has 0 spiro atoms. The van der Waals surface area contributed by atoms with Crippen molar-refractivity contribution >= 4 is 23.2 Å². The summed E-state index contributed by atoms with van der Waals surface area (Å²) in [7, 11) is 0. The Bertz CT molecular complexity index is 388. The highest BCUT2D eigenvalue weighted by Gasteiger charge is 2.28. The van der Waals surface area contributed by atoms with Gasteiger partial charge in [0.2, 0.25) is 5.91 Å². The number of thiophene rings is 1. The molecule has 0 bridgehead atoms. The second-order valence-corrected chi connectivity index (χ2v) is 3.72. The minimum Gasteiger partial charge on any atom is -0.477 e. The topological polar surface area (TPSA) is 121 Å². The van der Waals surface area contributed by atoms with Gasteiger partial charge in [-0.15, -0.1) is 11.3 Å². The molecule has 0 fully saturated rings. The Morgan fingerprint density at radius 3 is 2.47 bits per heavy atom. The minimum atomic E-state index is -1.81. The van der Waals surface area contributed by atoms with Gasteiger partial charge in [0.1, 0.15) is 11.0 Å². The van der Waals surface area contributed by atoms with Crippen molar-refractivity contribution < 1.29 is 24.9 Å². The van der Waals surface area contributed by atoms with Gasteiger partial charge in [-0.05, 0) is 11.4 Å². The van der Waals surface area contributed by atoms with Crippen molar-refractivity contribution in [3.8, 4) is 0 Å². The molecule has 0 aliphatic carbocycles. The second kappa shape index (κ2) is 4.39. The Hall–Kier alpha value is -1.44. The predicted octanol–water partition coefficient (Wildman–Crippen LogP) is -0.674. The molecule has 0 aliphatic heterocycles. The fraction of sp³-hybridized carbons (Fsp3) is 0.250. The molecule has 1 rings (SSSR count). The van der Waals surface area contributed by atoms with Crippen LogP contribution < -0.4 is 5.73 Å². The van der Waals surface area contributed by atoms with E-state index in [-0.39, 0.29) is 10.4 Å². The zero-order valence-corrected chi connectivity index (χ0v) is 8.27. The SMILES string of the molecule is NC(=O)C(O)C(O)c1ccsc1C(=O)O. The predicted molar refractivity (Wildman–Crippen MR) is 51.4 cm³/mol. The van der Waals surface area contributed by atoms with Crippen molar-refractivity contribution in [2.24, 2.45) is 5.73 Å². The van der Waals surface area contributed by atoms with E-state index < -0.39 is 24.1 Å². The lowest BCUT2D eigenvalue weighted by atomic mass is 10.1. The fourth-order valence-electron chi connectivity index (χ4n) is 1.05. The highest BCUT2D eigenvalue weighted by molar-refractivity contribution is 7.12. The van der Waals surface area contributed by atoms with Gasteiger partial charge in [-0.3, -0.25) is 4.79 Å². The van der Waals surface area contributed by atoms with Crippen LogP contribution in [-0.2, 0) is 4.79 Å². The molecule has 1 amide bonds. The molecular weight excluding hydrogens is 222 g/mol. The summed E-state index contributed by atoms with van der Waals surface area (Å²) in [6.45, 7) is 0. The lowest BCUT2D eigenvalue weighted by Crippen LogP contribution is -2.34. The minimum absolute atomic E-state index is 0.0150. The molecule has 0 radical (unpaired) electrons. The average molecular weight is 231 g/mol. The third-order valence-corrected chi connectivity index (χ3v) is 2.72. The van der Waals surface area contributed by atoms with Crippen LogP contribution in [0.4, 0.5) is 0 Å². The maximum atomic E-state index is 10.7. The van der Waals surface area contributed by atoms with Crippen LogP contribution in [0.15, 0.2) is 11.4 Å². The van der Waals surface area contributed by atoms with Crippen LogP contribution in [-0.4, -0.2) is 33.3 Å². The average Bonchev–Trinajstić information content (AvgIpc) is 2.63. The zero-order valence-electron chi connectivity index (χ0n) is 7.45. The number of nitrogens with two attached hydrogens (primary N) is 1. The summed E-state index contributed by atoms with van der Waals surface area (Å²) in [5.41, 5.74) is 4.76. The number of carboxylic acids is 1. The molecule has 0 aromatic carbocycles. The lowest BCUT2D eigenvalue weighted by Gasteiger charge is -2.14. The molecule has 82 valence electrons. The smallest absolute Gasteiger partial charge is 0.346 e. The van der Waals surface area contributed by atoms with Gasteiger partial charge in [0.05, 0.1) is 0 Å². The van der Waals surface area contributed by atoms with Crippen LogP contribution in [0.1, 0.15) is 21.3 Å². The van der Waals surface area contributed by atoms with Crippen LogP contribution in [0.5, 0.6) is 0 Å². The van der Waals surface area contributed by atoms with E-state index in [1.165, 1.54) is 11.4 Å². The summed E-state index contributed by atoms with van der Waals surface area (Å²) in [4.78, 5) is 21.1. The maximum absolute atomic E-state index is 10.7. The van der Waals surface area contributed by atoms with Gasteiger partial charge in [0.15, 0.2) is 6.10 Å². The Morgan fingerprint density at radius 2 is 2.00 bits per heavy atom. The Labute approximate surface area is 88.6 Å². The van der Waals surface area contributed by atoms with Crippen molar-refractivity contribution in [3.05, 3.63) is 21.9 Å². The number of hydrogen-bond acceptors (Lipinski definition) is 5. The number of carboxylic acid groups (broad SMARTS) is 1. The first kappa shape index (κ1) is 11.6. The Morgan fingerprint density at radius 1 is 1.40 bits per heavy atom. The third-order valence-electron chi connectivity index (χ3n) is 1.80. The number of aromatic carboxylic acids is 1. The first-order chi connectivity index (χ1) is 6.95. The molecule has 0 saturated heterocycles. The molecule has 2 atom stereocenters. The molecule has 0 saturated carbocycles. The first-order valence-corrected chi connectivity index (χ1v) is 4.79. The van der Waals surface area contributed by atoms with Crippen LogP contribution in [0.3, 0.4) is 0 Å². The zero-order chi connectivity index (χ0) is 11.6. The van der Waals surface area contributed by atoms with Crippen LogP contribution >= 0.6 is 11.3 Å².